The van der Waals surface area contributed by atoms with Crippen LogP contribution < -0.4 is 10.6 Å². The van der Waals surface area contributed by atoms with Gasteiger partial charge in [0.15, 0.2) is 0 Å². The number of nitrogens with zero attached hydrogens (tertiary/aromatic N) is 1. The van der Waals surface area contributed by atoms with Crippen molar-refractivity contribution in [2.45, 2.75) is 17.6 Å². The van der Waals surface area contributed by atoms with Gasteiger partial charge < -0.3 is 10.6 Å². The third-order valence-corrected chi connectivity index (χ3v) is 5.52. The van der Waals surface area contributed by atoms with Gasteiger partial charge in [-0.15, -0.1) is 47.9 Å². The summed E-state index contributed by atoms with van der Waals surface area (Å²) in [5.74, 6) is 1.38. The number of carbonyl (C=O) groups is 1. The quantitative estimate of drug-likeness (QED) is 0.721. The predicted octanol–water partition coefficient (Wildman–Crippen LogP) is 3.54. The summed E-state index contributed by atoms with van der Waals surface area (Å²) in [5.41, 5.74) is 1.83. The molecular weight excluding hydrogens is 385 g/mol. The maximum atomic E-state index is 12.4. The van der Waals surface area contributed by atoms with E-state index in [0.29, 0.717) is 5.92 Å². The molecule has 0 radical (unpaired) electrons. The second-order valence-electron chi connectivity index (χ2n) is 5.38. The first-order valence-corrected chi connectivity index (χ1v) is 9.20. The Morgan fingerprint density at radius 2 is 2.12 bits per heavy atom. The molecule has 1 aromatic carbocycles. The molecule has 2 aromatic rings. The van der Waals surface area contributed by atoms with E-state index in [9.17, 15) is 4.79 Å². The second-order valence-corrected chi connectivity index (χ2v) is 7.46. The van der Waals surface area contributed by atoms with E-state index in [2.05, 4.69) is 21.0 Å². The first-order valence-electron chi connectivity index (χ1n) is 7.34. The fraction of sp³-hybridized carbons (Fsp3) is 0.375. The Balaban J connectivity index is 0.00000144. The predicted molar refractivity (Wildman–Crippen MR) is 106 cm³/mol. The van der Waals surface area contributed by atoms with Gasteiger partial charge in [0.1, 0.15) is 0 Å². The number of hydrogen-bond donors (Lipinski definition) is 2. The van der Waals surface area contributed by atoms with Crippen molar-refractivity contribution in [3.05, 3.63) is 45.9 Å². The molecule has 132 valence electrons. The Bertz CT molecular complexity index is 662. The fourth-order valence-electron chi connectivity index (χ4n) is 2.23. The maximum absolute atomic E-state index is 12.4. The molecule has 0 unspecified atom stereocenters. The van der Waals surface area contributed by atoms with Gasteiger partial charge in [0.2, 0.25) is 0 Å². The van der Waals surface area contributed by atoms with Crippen LogP contribution in [0.2, 0.25) is 0 Å². The number of aryl methyl sites for hydroxylation is 1. The highest BCUT2D eigenvalue weighted by molar-refractivity contribution is 7.98. The van der Waals surface area contributed by atoms with Gasteiger partial charge in [-0.25, -0.2) is 4.98 Å². The first kappa shape index (κ1) is 21.3. The fourth-order valence-corrected chi connectivity index (χ4v) is 3.89. The van der Waals surface area contributed by atoms with Crippen molar-refractivity contribution in [1.82, 2.24) is 15.6 Å². The lowest BCUT2D eigenvalue weighted by atomic mass is 10.0. The molecule has 1 saturated heterocycles. The molecule has 0 atom stereocenters. The topological polar surface area (TPSA) is 54.0 Å². The molecule has 8 heteroatoms. The zero-order valence-corrected chi connectivity index (χ0v) is 16.5. The van der Waals surface area contributed by atoms with Gasteiger partial charge in [-0.05, 0) is 19.1 Å². The zero-order valence-electron chi connectivity index (χ0n) is 13.3. The van der Waals surface area contributed by atoms with Crippen LogP contribution in [-0.4, -0.2) is 30.5 Å². The zero-order chi connectivity index (χ0) is 15.4. The number of hydrogen-bond acceptors (Lipinski definition) is 5. The minimum absolute atomic E-state index is 0. The first-order chi connectivity index (χ1) is 10.7. The number of nitrogens with one attached hydrogen (secondary N) is 2. The van der Waals surface area contributed by atoms with Crippen molar-refractivity contribution < 1.29 is 4.79 Å². The Labute approximate surface area is 163 Å². The van der Waals surface area contributed by atoms with Gasteiger partial charge in [0, 0.05) is 41.6 Å². The molecule has 4 nitrogen and oxygen atoms in total. The summed E-state index contributed by atoms with van der Waals surface area (Å²) in [4.78, 5) is 17.8. The van der Waals surface area contributed by atoms with Crippen molar-refractivity contribution in [1.29, 1.82) is 0 Å². The third-order valence-electron chi connectivity index (χ3n) is 3.59. The monoisotopic (exact) mass is 405 g/mol. The number of aromatic nitrogens is 1. The highest BCUT2D eigenvalue weighted by atomic mass is 35.5. The molecule has 0 saturated carbocycles. The second kappa shape index (κ2) is 10.3. The van der Waals surface area contributed by atoms with Crippen molar-refractivity contribution in [2.24, 2.45) is 5.92 Å². The number of thiazole rings is 1. The summed E-state index contributed by atoms with van der Waals surface area (Å²) in [5, 5.41) is 9.41. The molecule has 1 aliphatic heterocycles. The van der Waals surface area contributed by atoms with E-state index >= 15 is 0 Å². The Morgan fingerprint density at radius 3 is 2.75 bits per heavy atom. The highest BCUT2D eigenvalue weighted by Crippen LogP contribution is 2.26. The van der Waals surface area contributed by atoms with E-state index in [1.165, 1.54) is 0 Å². The lowest BCUT2D eigenvalue weighted by Crippen LogP contribution is -2.48. The van der Waals surface area contributed by atoms with Crippen molar-refractivity contribution in [3.63, 3.8) is 0 Å². The number of halogens is 2. The van der Waals surface area contributed by atoms with E-state index in [0.717, 1.165) is 46.5 Å². The standard InChI is InChI=1S/C16H19N3OS2.2ClH/c1-11-19-13(9-21-11)10-22-15-5-3-2-4-14(15)16(20)18-8-12-6-17-7-12;;/h2-5,9,12,17H,6-8,10H2,1H3,(H,18,20);2*1H. The SMILES string of the molecule is Cc1nc(CSc2ccccc2C(=O)NCC2CNC2)cs1.Cl.Cl. The van der Waals surface area contributed by atoms with Crippen LogP contribution in [0.3, 0.4) is 0 Å². The van der Waals surface area contributed by atoms with E-state index in [4.69, 9.17) is 0 Å². The van der Waals surface area contributed by atoms with Crippen LogP contribution in [0.5, 0.6) is 0 Å². The van der Waals surface area contributed by atoms with Gasteiger partial charge in [-0.3, -0.25) is 4.79 Å². The lowest BCUT2D eigenvalue weighted by molar-refractivity contribution is 0.0939. The summed E-state index contributed by atoms with van der Waals surface area (Å²) in [6.07, 6.45) is 0. The average molecular weight is 406 g/mol. The van der Waals surface area contributed by atoms with Crippen LogP contribution in [-0.2, 0) is 5.75 Å². The molecule has 0 aliphatic carbocycles. The summed E-state index contributed by atoms with van der Waals surface area (Å²) >= 11 is 3.33. The van der Waals surface area contributed by atoms with Gasteiger partial charge in [-0.2, -0.15) is 0 Å². The lowest BCUT2D eigenvalue weighted by Gasteiger charge is -2.27. The summed E-state index contributed by atoms with van der Waals surface area (Å²) in [7, 11) is 0. The van der Waals surface area contributed by atoms with E-state index in [-0.39, 0.29) is 30.7 Å². The van der Waals surface area contributed by atoms with Crippen LogP contribution in [0, 0.1) is 12.8 Å². The van der Waals surface area contributed by atoms with Crippen molar-refractivity contribution in [2.75, 3.05) is 19.6 Å². The van der Waals surface area contributed by atoms with Gasteiger partial charge in [0.05, 0.1) is 16.3 Å². The van der Waals surface area contributed by atoms with Gasteiger partial charge >= 0.3 is 0 Å². The Hall–Kier alpha value is -0.790. The largest absolute Gasteiger partial charge is 0.352 e. The third kappa shape index (κ3) is 5.63. The summed E-state index contributed by atoms with van der Waals surface area (Å²) < 4.78 is 0. The minimum atomic E-state index is 0. The summed E-state index contributed by atoms with van der Waals surface area (Å²) in [6, 6.07) is 7.78. The van der Waals surface area contributed by atoms with Crippen LogP contribution in [0.1, 0.15) is 21.1 Å². The van der Waals surface area contributed by atoms with Crippen LogP contribution in [0.15, 0.2) is 34.5 Å². The molecule has 0 bridgehead atoms. The average Bonchev–Trinajstić information content (AvgIpc) is 2.89. The van der Waals surface area contributed by atoms with Crippen molar-refractivity contribution >= 4 is 53.8 Å². The Kier molecular flexibility index (Phi) is 9.08. The number of rotatable bonds is 6. The van der Waals surface area contributed by atoms with Gasteiger partial charge in [0.25, 0.3) is 5.91 Å². The minimum Gasteiger partial charge on any atom is -0.352 e. The van der Waals surface area contributed by atoms with Crippen LogP contribution in [0.4, 0.5) is 0 Å². The maximum Gasteiger partial charge on any atom is 0.252 e. The number of thioether (sulfide) groups is 1. The summed E-state index contributed by atoms with van der Waals surface area (Å²) in [6.45, 7) is 4.76. The molecule has 1 aliphatic rings. The molecule has 3 rings (SSSR count). The smallest absolute Gasteiger partial charge is 0.252 e. The molecule has 2 N–H and O–H groups in total. The number of amides is 1. The number of carbonyl (C=O) groups excluding carboxylic acids is 1. The molecule has 1 amide bonds. The van der Waals surface area contributed by atoms with E-state index in [1.54, 1.807) is 23.1 Å². The van der Waals surface area contributed by atoms with Crippen LogP contribution >= 0.6 is 47.9 Å². The van der Waals surface area contributed by atoms with Crippen LogP contribution in [0.25, 0.3) is 0 Å². The molecule has 1 fully saturated rings. The molecule has 24 heavy (non-hydrogen) atoms. The number of benzene rings is 1. The molecular formula is C16H21Cl2N3OS2. The highest BCUT2D eigenvalue weighted by Gasteiger charge is 2.18. The van der Waals surface area contributed by atoms with E-state index < -0.39 is 0 Å². The Morgan fingerprint density at radius 1 is 1.38 bits per heavy atom. The van der Waals surface area contributed by atoms with Gasteiger partial charge in [-0.1, -0.05) is 12.1 Å². The van der Waals surface area contributed by atoms with E-state index in [1.807, 2.05) is 31.2 Å². The molecule has 0 spiro atoms. The normalized spacial score (nSPS) is 13.4. The molecule has 1 aromatic heterocycles. The van der Waals surface area contributed by atoms with Crippen molar-refractivity contribution in [3.8, 4) is 0 Å². The molecule has 2 heterocycles.